The third kappa shape index (κ3) is 5.26. The summed E-state index contributed by atoms with van der Waals surface area (Å²) in [5, 5.41) is 11.3. The average Bonchev–Trinajstić information content (AvgIpc) is 3.25. The van der Waals surface area contributed by atoms with Gasteiger partial charge in [-0.2, -0.15) is 0 Å². The van der Waals surface area contributed by atoms with Crippen molar-refractivity contribution in [3.8, 4) is 5.75 Å². The van der Waals surface area contributed by atoms with E-state index in [4.69, 9.17) is 27.9 Å². The Bertz CT molecular complexity index is 1720. The molecule has 0 saturated carbocycles. The highest BCUT2D eigenvalue weighted by atomic mass is 35.5. The van der Waals surface area contributed by atoms with E-state index in [1.165, 1.54) is 28.8 Å². The van der Waals surface area contributed by atoms with E-state index in [1.54, 1.807) is 0 Å². The lowest BCUT2D eigenvalue weighted by molar-refractivity contribution is -0.385. The molecule has 2 amide bonds. The minimum absolute atomic E-state index is 0.0564. The largest absolute Gasteiger partial charge is 0.424 e. The lowest BCUT2D eigenvalue weighted by Crippen LogP contribution is -2.40. The van der Waals surface area contributed by atoms with Gasteiger partial charge in [-0.1, -0.05) is 41.4 Å². The summed E-state index contributed by atoms with van der Waals surface area (Å²) in [6.45, 7) is 1.69. The van der Waals surface area contributed by atoms with E-state index in [-0.39, 0.29) is 43.5 Å². The smallest absolute Gasteiger partial charge is 0.308 e. The lowest BCUT2D eigenvalue weighted by Gasteiger charge is -2.20. The summed E-state index contributed by atoms with van der Waals surface area (Å²) in [6, 6.07) is 7.58. The average molecular weight is 587 g/mol. The Kier molecular flexibility index (Phi) is 7.93. The lowest BCUT2D eigenvalue weighted by atomic mass is 10.1. The topological polar surface area (TPSA) is 142 Å². The number of halogens is 3. The first kappa shape index (κ1) is 28.3. The number of para-hydroxylation sites is 1. The monoisotopic (exact) mass is 586 g/mol. The Morgan fingerprint density at radius 1 is 1.07 bits per heavy atom. The van der Waals surface area contributed by atoms with E-state index in [0.717, 1.165) is 44.6 Å². The molecule has 0 spiro atoms. The van der Waals surface area contributed by atoms with Gasteiger partial charge >= 0.3 is 11.9 Å². The van der Waals surface area contributed by atoms with Crippen molar-refractivity contribution in [2.24, 2.45) is 0 Å². The van der Waals surface area contributed by atoms with Crippen LogP contribution in [0.15, 0.2) is 55.0 Å². The minimum Gasteiger partial charge on any atom is -0.424 e. The molecule has 0 aliphatic rings. The van der Waals surface area contributed by atoms with E-state index in [2.05, 4.69) is 4.98 Å². The molecular weight excluding hydrogens is 570 g/mol. The van der Waals surface area contributed by atoms with Gasteiger partial charge in [0.05, 0.1) is 43.8 Å². The number of Topliss-reactive ketones (excluding diaryl/α,β-unsaturated/α-hetero) is 1. The van der Waals surface area contributed by atoms with Crippen molar-refractivity contribution in [1.82, 2.24) is 9.55 Å². The zero-order valence-corrected chi connectivity index (χ0v) is 22.2. The minimum atomic E-state index is -1.32. The highest BCUT2D eigenvalue weighted by Gasteiger charge is 2.33. The molecule has 0 atom stereocenters. The third-order valence-electron chi connectivity index (χ3n) is 5.74. The molecule has 2 aromatic carbocycles. The number of ether oxygens (including phenoxy) is 1. The maximum absolute atomic E-state index is 14.8. The third-order valence-corrected chi connectivity index (χ3v) is 6.30. The van der Waals surface area contributed by atoms with E-state index in [0.29, 0.717) is 4.90 Å². The molecule has 2 aromatic heterocycles. The normalized spacial score (nSPS) is 10.8. The second kappa shape index (κ2) is 11.2. The Hall–Kier alpha value is -4.68. The van der Waals surface area contributed by atoms with Gasteiger partial charge in [-0.15, -0.1) is 0 Å². The zero-order valence-electron chi connectivity index (χ0n) is 20.7. The fraction of sp³-hybridized carbons (Fsp3) is 0.115. The summed E-state index contributed by atoms with van der Waals surface area (Å²) in [7, 11) is 0. The summed E-state index contributed by atoms with van der Waals surface area (Å²) in [4.78, 5) is 66.4. The van der Waals surface area contributed by atoms with Crippen LogP contribution in [-0.2, 0) is 20.9 Å². The summed E-state index contributed by atoms with van der Waals surface area (Å²) >= 11 is 12.3. The SMILES string of the molecule is CC(=O)Oc1cccc2c(C(=O)C(=O)N(C(C)=O)c3c(Cl)cncc3Cl)cn(Cc3c(F)cccc3[N+](=O)[O-])c12. The molecular formula is C26H17Cl2FN4O7. The Morgan fingerprint density at radius 3 is 2.33 bits per heavy atom. The van der Waals surface area contributed by atoms with Crippen LogP contribution in [0.25, 0.3) is 10.9 Å². The molecule has 204 valence electrons. The van der Waals surface area contributed by atoms with E-state index in [1.807, 2.05) is 0 Å². The van der Waals surface area contributed by atoms with E-state index < -0.39 is 46.5 Å². The van der Waals surface area contributed by atoms with Crippen molar-refractivity contribution >= 4 is 69.0 Å². The second-order valence-electron chi connectivity index (χ2n) is 8.35. The molecule has 40 heavy (non-hydrogen) atoms. The molecule has 2 heterocycles. The number of rotatable bonds is 7. The number of ketones is 1. The van der Waals surface area contributed by atoms with Gasteiger partial charge in [-0.3, -0.25) is 34.3 Å². The highest BCUT2D eigenvalue weighted by Crippen LogP contribution is 2.36. The molecule has 0 unspecified atom stereocenters. The van der Waals surface area contributed by atoms with Gasteiger partial charge in [-0.25, -0.2) is 9.29 Å². The zero-order chi connectivity index (χ0) is 29.3. The van der Waals surface area contributed by atoms with Gasteiger partial charge in [-0.05, 0) is 12.1 Å². The number of anilines is 1. The van der Waals surface area contributed by atoms with E-state index >= 15 is 0 Å². The number of nitrogens with zero attached hydrogens (tertiary/aromatic N) is 4. The molecule has 0 fully saturated rings. The predicted octanol–water partition coefficient (Wildman–Crippen LogP) is 5.13. The number of nitro benzene ring substituents is 1. The number of pyridine rings is 1. The first-order valence-corrected chi connectivity index (χ1v) is 12.1. The predicted molar refractivity (Wildman–Crippen MR) is 142 cm³/mol. The van der Waals surface area contributed by atoms with Crippen LogP contribution in [0.3, 0.4) is 0 Å². The van der Waals surface area contributed by atoms with Crippen LogP contribution in [0.5, 0.6) is 5.75 Å². The number of nitro groups is 1. The second-order valence-corrected chi connectivity index (χ2v) is 9.17. The number of carbonyl (C=O) groups is 4. The number of carbonyl (C=O) groups excluding carboxylic acids is 4. The standard InChI is InChI=1S/C26H17Cl2FN4O7/c1-13(34)32(24-18(27)9-30-10-19(24)28)26(37)25(36)16-11-31(12-17-20(29)6-4-7-21(17)33(38)39)23-15(16)5-3-8-22(23)40-14(2)35/h3-11H,12H2,1-2H3. The first-order chi connectivity index (χ1) is 18.9. The summed E-state index contributed by atoms with van der Waals surface area (Å²) in [6.07, 6.45) is 3.42. The summed E-state index contributed by atoms with van der Waals surface area (Å²) in [5.41, 5.74) is -1.30. The van der Waals surface area contributed by atoms with Crippen molar-refractivity contribution in [2.75, 3.05) is 4.90 Å². The number of imide groups is 1. The van der Waals surface area contributed by atoms with E-state index in [9.17, 15) is 33.7 Å². The Morgan fingerprint density at radius 2 is 1.73 bits per heavy atom. The number of fused-ring (bicyclic) bond motifs is 1. The summed E-state index contributed by atoms with van der Waals surface area (Å²) in [5.74, 6) is -5.05. The van der Waals surface area contributed by atoms with Crippen LogP contribution in [0, 0.1) is 15.9 Å². The van der Waals surface area contributed by atoms with Crippen molar-refractivity contribution in [2.45, 2.75) is 20.4 Å². The fourth-order valence-electron chi connectivity index (χ4n) is 4.15. The van der Waals surface area contributed by atoms with Gasteiger partial charge < -0.3 is 9.30 Å². The van der Waals surface area contributed by atoms with Crippen molar-refractivity contribution in [3.63, 3.8) is 0 Å². The van der Waals surface area contributed by atoms with Crippen molar-refractivity contribution in [3.05, 3.63) is 92.1 Å². The van der Waals surface area contributed by atoms with Gasteiger partial charge in [0.1, 0.15) is 5.82 Å². The van der Waals surface area contributed by atoms with Crippen LogP contribution in [0.2, 0.25) is 10.0 Å². The quantitative estimate of drug-likeness (QED) is 0.0724. The molecule has 0 radical (unpaired) electrons. The van der Waals surface area contributed by atoms with Crippen LogP contribution >= 0.6 is 23.2 Å². The maximum Gasteiger partial charge on any atom is 0.308 e. The molecule has 4 aromatic rings. The number of amides is 2. The maximum atomic E-state index is 14.8. The van der Waals surface area contributed by atoms with Gasteiger partial charge in [0.25, 0.3) is 11.5 Å². The fourth-order valence-corrected chi connectivity index (χ4v) is 4.68. The number of hydrogen-bond donors (Lipinski definition) is 0. The van der Waals surface area contributed by atoms with Gasteiger partial charge in [0.2, 0.25) is 5.91 Å². The Balaban J connectivity index is 1.91. The molecule has 0 saturated heterocycles. The summed E-state index contributed by atoms with van der Waals surface area (Å²) < 4.78 is 21.3. The molecule has 11 nitrogen and oxygen atoms in total. The number of esters is 1. The molecule has 0 N–H and O–H groups in total. The van der Waals surface area contributed by atoms with Crippen molar-refractivity contribution < 1.29 is 33.2 Å². The molecule has 0 aliphatic carbocycles. The Labute approximate surface area is 234 Å². The number of benzene rings is 2. The number of aromatic nitrogens is 2. The van der Waals surface area contributed by atoms with Gasteiger partial charge in [0, 0.05) is 43.9 Å². The number of hydrogen-bond acceptors (Lipinski definition) is 8. The highest BCUT2D eigenvalue weighted by molar-refractivity contribution is 6.54. The molecule has 0 bridgehead atoms. The van der Waals surface area contributed by atoms with Crippen LogP contribution < -0.4 is 9.64 Å². The molecule has 4 rings (SSSR count). The van der Waals surface area contributed by atoms with Crippen LogP contribution in [-0.4, -0.2) is 38.0 Å². The van der Waals surface area contributed by atoms with Gasteiger partial charge in [0.15, 0.2) is 5.75 Å². The molecule has 14 heteroatoms. The van der Waals surface area contributed by atoms with Crippen molar-refractivity contribution in [1.29, 1.82) is 0 Å². The first-order valence-electron chi connectivity index (χ1n) is 11.3. The molecule has 0 aliphatic heterocycles. The van der Waals surface area contributed by atoms with Crippen LogP contribution in [0.4, 0.5) is 15.8 Å². The van der Waals surface area contributed by atoms with Crippen LogP contribution in [0.1, 0.15) is 29.8 Å².